The molecule has 0 unspecified atom stereocenters. The zero-order valence-corrected chi connectivity index (χ0v) is 12.2. The second-order valence-corrected chi connectivity index (χ2v) is 5.31. The average molecular weight is 322 g/mol. The number of nitrogens with one attached hydrogen (secondary N) is 1. The van der Waals surface area contributed by atoms with E-state index in [1.54, 1.807) is 18.2 Å². The third-order valence-electron chi connectivity index (χ3n) is 3.62. The molecule has 2 aliphatic rings. The molecule has 8 heteroatoms. The number of fused-ring (bicyclic) bond motifs is 1. The molecule has 0 bridgehead atoms. The van der Waals surface area contributed by atoms with Crippen molar-refractivity contribution in [2.24, 2.45) is 0 Å². The first-order valence-electron chi connectivity index (χ1n) is 6.72. The van der Waals surface area contributed by atoms with Crippen molar-refractivity contribution in [3.63, 3.8) is 0 Å². The van der Waals surface area contributed by atoms with E-state index in [1.165, 1.54) is 0 Å². The minimum absolute atomic E-state index is 0.0129. The van der Waals surface area contributed by atoms with E-state index in [0.29, 0.717) is 17.9 Å². The fourth-order valence-electron chi connectivity index (χ4n) is 2.62. The highest BCUT2D eigenvalue weighted by atomic mass is 35.5. The molecule has 1 aromatic rings. The molecule has 0 aliphatic carbocycles. The summed E-state index contributed by atoms with van der Waals surface area (Å²) in [5.41, 5.74) is 1.19. The number of nitrogens with zero attached hydrogens (tertiary/aromatic N) is 2. The molecular formula is C14H12ClN3O4. The van der Waals surface area contributed by atoms with Gasteiger partial charge in [-0.05, 0) is 18.1 Å². The van der Waals surface area contributed by atoms with Gasteiger partial charge in [0.2, 0.25) is 5.91 Å². The summed E-state index contributed by atoms with van der Waals surface area (Å²) in [6, 6.07) is 4.18. The summed E-state index contributed by atoms with van der Waals surface area (Å²) < 4.78 is 0. The van der Waals surface area contributed by atoms with Crippen LogP contribution in [0, 0.1) is 0 Å². The zero-order valence-electron chi connectivity index (χ0n) is 11.5. The van der Waals surface area contributed by atoms with Gasteiger partial charge in [0.1, 0.15) is 0 Å². The molecule has 114 valence electrons. The second kappa shape index (κ2) is 5.42. The number of hydrazine groups is 1. The Balaban J connectivity index is 1.98. The number of hydrogen-bond acceptors (Lipinski definition) is 4. The first-order chi connectivity index (χ1) is 10.5. The molecule has 0 spiro atoms. The lowest BCUT2D eigenvalue weighted by Gasteiger charge is -2.32. The molecule has 7 nitrogen and oxygen atoms in total. The van der Waals surface area contributed by atoms with Gasteiger partial charge in [0, 0.05) is 12.3 Å². The predicted molar refractivity (Wildman–Crippen MR) is 76.2 cm³/mol. The summed E-state index contributed by atoms with van der Waals surface area (Å²) in [6.07, 6.45) is 0.482. The molecule has 5 amide bonds. The van der Waals surface area contributed by atoms with Gasteiger partial charge in [0.25, 0.3) is 11.8 Å². The second-order valence-electron chi connectivity index (χ2n) is 4.93. The number of alkyl halides is 1. The number of urea groups is 1. The van der Waals surface area contributed by atoms with E-state index < -0.39 is 23.8 Å². The Kier molecular flexibility index (Phi) is 3.58. The van der Waals surface area contributed by atoms with Crippen molar-refractivity contribution >= 4 is 35.4 Å². The summed E-state index contributed by atoms with van der Waals surface area (Å²) in [5, 5.41) is 3.86. The van der Waals surface area contributed by atoms with E-state index >= 15 is 0 Å². The summed E-state index contributed by atoms with van der Waals surface area (Å²) in [5.74, 6) is -1.25. The van der Waals surface area contributed by atoms with Crippen LogP contribution in [0.5, 0.6) is 0 Å². The number of aryl methyl sites for hydroxylation is 1. The largest absolute Gasteiger partial charge is 0.343 e. The number of rotatable bonds is 3. The highest BCUT2D eigenvalue weighted by molar-refractivity contribution is 6.23. The number of carbonyl (C=O) groups excluding carboxylic acids is 4. The van der Waals surface area contributed by atoms with Crippen LogP contribution in [-0.4, -0.2) is 46.2 Å². The van der Waals surface area contributed by atoms with E-state index in [1.807, 2.05) is 0 Å². The number of benzene rings is 1. The van der Waals surface area contributed by atoms with E-state index in [2.05, 4.69) is 5.32 Å². The molecule has 0 saturated carbocycles. The van der Waals surface area contributed by atoms with Gasteiger partial charge in [-0.2, -0.15) is 5.01 Å². The Hall–Kier alpha value is -2.41. The smallest absolute Gasteiger partial charge is 0.276 e. The third-order valence-corrected chi connectivity index (χ3v) is 3.81. The number of halogens is 1. The maximum atomic E-state index is 12.6. The Morgan fingerprint density at radius 1 is 1.14 bits per heavy atom. The van der Waals surface area contributed by atoms with Gasteiger partial charge in [-0.1, -0.05) is 12.1 Å². The maximum Gasteiger partial charge on any atom is 0.343 e. The van der Waals surface area contributed by atoms with Gasteiger partial charge >= 0.3 is 6.03 Å². The summed E-state index contributed by atoms with van der Waals surface area (Å²) >= 11 is 5.72. The van der Waals surface area contributed by atoms with Gasteiger partial charge in [-0.15, -0.1) is 11.6 Å². The van der Waals surface area contributed by atoms with Crippen LogP contribution in [0.4, 0.5) is 4.79 Å². The minimum Gasteiger partial charge on any atom is -0.276 e. The van der Waals surface area contributed by atoms with E-state index in [0.717, 1.165) is 10.0 Å². The molecule has 1 saturated heterocycles. The Morgan fingerprint density at radius 3 is 2.59 bits per heavy atom. The van der Waals surface area contributed by atoms with Crippen LogP contribution in [0.2, 0.25) is 0 Å². The molecule has 22 heavy (non-hydrogen) atoms. The van der Waals surface area contributed by atoms with Crippen molar-refractivity contribution in [2.45, 2.75) is 12.8 Å². The lowest BCUT2D eigenvalue weighted by atomic mass is 10.0. The molecule has 0 atom stereocenters. The van der Waals surface area contributed by atoms with Crippen molar-refractivity contribution in [3.8, 4) is 0 Å². The number of hydrogen-bond donors (Lipinski definition) is 1. The molecule has 2 aliphatic heterocycles. The SMILES string of the molecule is O=C1CCN(N2C(=O)c3cccc(CCCl)c3C2=O)C(=O)N1. The number of carbonyl (C=O) groups is 4. The Bertz CT molecular complexity index is 703. The highest BCUT2D eigenvalue weighted by Crippen LogP contribution is 2.28. The van der Waals surface area contributed by atoms with Crippen molar-refractivity contribution < 1.29 is 19.2 Å². The van der Waals surface area contributed by atoms with E-state index in [-0.39, 0.29) is 24.1 Å². The molecule has 0 radical (unpaired) electrons. The number of imide groups is 2. The van der Waals surface area contributed by atoms with E-state index in [9.17, 15) is 19.2 Å². The monoisotopic (exact) mass is 321 g/mol. The van der Waals surface area contributed by atoms with Gasteiger partial charge in [-0.25, -0.2) is 9.80 Å². The van der Waals surface area contributed by atoms with Crippen LogP contribution < -0.4 is 5.32 Å². The summed E-state index contributed by atoms with van der Waals surface area (Å²) in [6.45, 7) is -0.0129. The van der Waals surface area contributed by atoms with Crippen LogP contribution in [0.15, 0.2) is 18.2 Å². The fourth-order valence-corrected chi connectivity index (χ4v) is 2.82. The van der Waals surface area contributed by atoms with Crippen molar-refractivity contribution in [1.29, 1.82) is 0 Å². The molecule has 0 aromatic heterocycles. The predicted octanol–water partition coefficient (Wildman–Crippen LogP) is 0.921. The standard InChI is InChI=1S/C14H12ClN3O4/c15-6-4-8-2-1-3-9-11(8)13(21)18(12(9)20)17-7-5-10(19)16-14(17)22/h1-3H,4-7H2,(H,16,19,22). The van der Waals surface area contributed by atoms with Crippen LogP contribution >= 0.6 is 11.6 Å². The minimum atomic E-state index is -0.773. The normalized spacial score (nSPS) is 17.9. The van der Waals surface area contributed by atoms with Crippen LogP contribution in [0.25, 0.3) is 0 Å². The Labute approximate surface area is 130 Å². The third kappa shape index (κ3) is 2.14. The van der Waals surface area contributed by atoms with Crippen molar-refractivity contribution in [3.05, 3.63) is 34.9 Å². The van der Waals surface area contributed by atoms with E-state index in [4.69, 9.17) is 11.6 Å². The molecule has 1 N–H and O–H groups in total. The zero-order chi connectivity index (χ0) is 15.9. The highest BCUT2D eigenvalue weighted by Gasteiger charge is 2.43. The lowest BCUT2D eigenvalue weighted by molar-refractivity contribution is -0.122. The van der Waals surface area contributed by atoms with Crippen LogP contribution in [0.1, 0.15) is 32.7 Å². The van der Waals surface area contributed by atoms with Gasteiger partial charge in [-0.3, -0.25) is 19.7 Å². The molecule has 1 fully saturated rings. The van der Waals surface area contributed by atoms with Crippen LogP contribution in [-0.2, 0) is 11.2 Å². The van der Waals surface area contributed by atoms with Crippen LogP contribution in [0.3, 0.4) is 0 Å². The Morgan fingerprint density at radius 2 is 1.91 bits per heavy atom. The fraction of sp³-hybridized carbons (Fsp3) is 0.286. The molecule has 3 rings (SSSR count). The summed E-state index contributed by atoms with van der Waals surface area (Å²) in [4.78, 5) is 48.1. The quantitative estimate of drug-likeness (QED) is 0.662. The maximum absolute atomic E-state index is 12.6. The van der Waals surface area contributed by atoms with Crippen molar-refractivity contribution in [1.82, 2.24) is 15.3 Å². The van der Waals surface area contributed by atoms with Gasteiger partial charge < -0.3 is 0 Å². The molecule has 2 heterocycles. The lowest BCUT2D eigenvalue weighted by Crippen LogP contribution is -2.58. The molecular weight excluding hydrogens is 310 g/mol. The average Bonchev–Trinajstić information content (AvgIpc) is 2.73. The first kappa shape index (κ1) is 14.5. The number of amides is 5. The van der Waals surface area contributed by atoms with Gasteiger partial charge in [0.05, 0.1) is 17.7 Å². The van der Waals surface area contributed by atoms with Crippen molar-refractivity contribution in [2.75, 3.05) is 12.4 Å². The topological polar surface area (TPSA) is 86.8 Å². The van der Waals surface area contributed by atoms with Gasteiger partial charge in [0.15, 0.2) is 0 Å². The first-order valence-corrected chi connectivity index (χ1v) is 7.26. The molecule has 1 aromatic carbocycles. The summed E-state index contributed by atoms with van der Waals surface area (Å²) in [7, 11) is 0.